The second kappa shape index (κ2) is 8.76. The summed E-state index contributed by atoms with van der Waals surface area (Å²) >= 11 is 0. The average molecular weight is 479 g/mol. The van der Waals surface area contributed by atoms with Gasteiger partial charge >= 0.3 is 0 Å². The lowest BCUT2D eigenvalue weighted by molar-refractivity contribution is 0.0868. The topological polar surface area (TPSA) is 62.4 Å². The third-order valence-corrected chi connectivity index (χ3v) is 7.79. The number of aliphatic hydroxyl groups is 1. The van der Waals surface area contributed by atoms with Crippen LogP contribution in [0.25, 0.3) is 28.3 Å². The van der Waals surface area contributed by atoms with Crippen LogP contribution < -0.4 is 4.90 Å². The van der Waals surface area contributed by atoms with Gasteiger partial charge in [0.2, 0.25) is 0 Å². The van der Waals surface area contributed by atoms with Gasteiger partial charge in [-0.2, -0.15) is 0 Å². The molecule has 0 saturated carbocycles. The molecule has 4 aromatic rings. The summed E-state index contributed by atoms with van der Waals surface area (Å²) in [4.78, 5) is 4.93. The van der Waals surface area contributed by atoms with Crippen LogP contribution in [0.5, 0.6) is 0 Å². The molecule has 3 aliphatic rings. The zero-order chi connectivity index (χ0) is 24.1. The second-order valence-electron chi connectivity index (χ2n) is 10.2. The molecule has 1 N–H and O–H groups in total. The normalized spacial score (nSPS) is 17.9. The summed E-state index contributed by atoms with van der Waals surface area (Å²) in [6, 6.07) is 19.5. The largest absolute Gasteiger partial charge is 0.393 e. The summed E-state index contributed by atoms with van der Waals surface area (Å²) in [5, 5.41) is 18.5. The van der Waals surface area contributed by atoms with E-state index in [9.17, 15) is 5.11 Å². The molecular weight excluding hydrogens is 448 g/mol. The number of rotatable bonds is 4. The lowest BCUT2D eigenvalue weighted by atomic mass is 10.1. The van der Waals surface area contributed by atoms with Crippen molar-refractivity contribution in [3.63, 3.8) is 0 Å². The van der Waals surface area contributed by atoms with Gasteiger partial charge in [-0.15, -0.1) is 10.2 Å². The van der Waals surface area contributed by atoms with Crippen molar-refractivity contribution in [2.24, 2.45) is 0 Å². The van der Waals surface area contributed by atoms with Crippen molar-refractivity contribution < 1.29 is 5.11 Å². The molecule has 0 atom stereocenters. The number of nitrogens with zero attached hydrogens (tertiary/aromatic N) is 6. The Morgan fingerprint density at radius 3 is 2.67 bits per heavy atom. The number of hydrogen-bond donors (Lipinski definition) is 1. The Bertz CT molecular complexity index is 1430. The van der Waals surface area contributed by atoms with E-state index in [0.29, 0.717) is 0 Å². The highest BCUT2D eigenvalue weighted by molar-refractivity contribution is 5.72. The van der Waals surface area contributed by atoms with Crippen molar-refractivity contribution in [2.45, 2.75) is 25.5 Å². The minimum absolute atomic E-state index is 0.120. The molecule has 0 unspecified atom stereocenters. The molecule has 0 radical (unpaired) electrons. The van der Waals surface area contributed by atoms with Gasteiger partial charge in [-0.3, -0.25) is 9.47 Å². The summed E-state index contributed by atoms with van der Waals surface area (Å²) in [5.74, 6) is 0.875. The Morgan fingerprint density at radius 1 is 0.944 bits per heavy atom. The molecule has 7 rings (SSSR count). The average Bonchev–Trinajstić information content (AvgIpc) is 3.65. The molecule has 7 heteroatoms. The maximum atomic E-state index is 9.80. The van der Waals surface area contributed by atoms with Gasteiger partial charge in [-0.1, -0.05) is 36.4 Å². The number of likely N-dealkylation sites (tertiary alicyclic amines) is 1. The zero-order valence-electron chi connectivity index (χ0n) is 20.3. The van der Waals surface area contributed by atoms with Gasteiger partial charge in [-0.25, -0.2) is 0 Å². The van der Waals surface area contributed by atoms with Crippen LogP contribution in [0.3, 0.4) is 0 Å². The quantitative estimate of drug-likeness (QED) is 0.396. The molecule has 0 aliphatic carbocycles. The van der Waals surface area contributed by atoms with E-state index in [1.54, 1.807) is 0 Å². The summed E-state index contributed by atoms with van der Waals surface area (Å²) < 4.78 is 4.42. The highest BCUT2D eigenvalue weighted by Gasteiger charge is 2.25. The lowest BCUT2D eigenvalue weighted by Gasteiger charge is -2.30. The SMILES string of the molecule is OC1CCN(CC2=CCN(c3ccc4c(c3)Cn3cc(-c5ccccc5)cc3-c3nncn3-4)C2)CC1. The van der Waals surface area contributed by atoms with Crippen LogP contribution >= 0.6 is 0 Å². The van der Waals surface area contributed by atoms with E-state index < -0.39 is 0 Å². The standard InChI is InChI=1S/C29H30N6O/c36-26-9-11-32(12-10-26)16-21-8-13-33(17-21)25-6-7-27-24(14-25)19-34-18-23(22-4-2-1-3-5-22)15-28(34)29-31-30-20-35(27)29/h1-8,14-15,18,20,26,36H,9-13,16-17,19H2. The minimum atomic E-state index is -0.120. The maximum absolute atomic E-state index is 9.80. The number of aliphatic hydroxyl groups excluding tert-OH is 1. The van der Waals surface area contributed by atoms with Gasteiger partial charge in [0.25, 0.3) is 0 Å². The summed E-state index contributed by atoms with van der Waals surface area (Å²) in [7, 11) is 0. The molecule has 0 amide bonds. The smallest absolute Gasteiger partial charge is 0.185 e. The van der Waals surface area contributed by atoms with Crippen LogP contribution in [0, 0.1) is 0 Å². The van der Waals surface area contributed by atoms with Crippen LogP contribution in [-0.2, 0) is 6.54 Å². The first-order valence-corrected chi connectivity index (χ1v) is 12.8. The predicted octanol–water partition coefficient (Wildman–Crippen LogP) is 3.97. The van der Waals surface area contributed by atoms with E-state index >= 15 is 0 Å². The number of anilines is 1. The third kappa shape index (κ3) is 3.85. The van der Waals surface area contributed by atoms with Gasteiger partial charge in [0.15, 0.2) is 5.82 Å². The highest BCUT2D eigenvalue weighted by Crippen LogP contribution is 2.35. The predicted molar refractivity (Wildman–Crippen MR) is 141 cm³/mol. The van der Waals surface area contributed by atoms with Gasteiger partial charge < -0.3 is 14.6 Å². The van der Waals surface area contributed by atoms with Gasteiger partial charge in [0, 0.05) is 56.7 Å². The van der Waals surface area contributed by atoms with Crippen molar-refractivity contribution in [3.05, 3.63) is 84.3 Å². The number of hydrogen-bond acceptors (Lipinski definition) is 5. The molecule has 2 aromatic carbocycles. The molecular formula is C29H30N6O. The number of fused-ring (bicyclic) bond motifs is 5. The lowest BCUT2D eigenvalue weighted by Crippen LogP contribution is -2.37. The molecule has 1 saturated heterocycles. The first kappa shape index (κ1) is 21.6. The molecule has 3 aliphatic heterocycles. The molecule has 1 fully saturated rings. The van der Waals surface area contributed by atoms with Gasteiger partial charge in [0.1, 0.15) is 6.33 Å². The van der Waals surface area contributed by atoms with E-state index in [0.717, 1.165) is 69.3 Å². The first-order chi connectivity index (χ1) is 17.7. The Balaban J connectivity index is 1.16. The Morgan fingerprint density at radius 2 is 1.81 bits per heavy atom. The molecule has 5 heterocycles. The van der Waals surface area contributed by atoms with Gasteiger partial charge in [0.05, 0.1) is 17.5 Å². The minimum Gasteiger partial charge on any atom is -0.393 e. The molecule has 7 nitrogen and oxygen atoms in total. The molecule has 36 heavy (non-hydrogen) atoms. The van der Waals surface area contributed by atoms with Crippen LogP contribution in [-0.4, -0.2) is 68.2 Å². The summed E-state index contributed by atoms with van der Waals surface area (Å²) in [5.41, 5.74) is 8.62. The van der Waals surface area contributed by atoms with Crippen LogP contribution in [0.15, 0.2) is 78.8 Å². The summed E-state index contributed by atoms with van der Waals surface area (Å²) in [6.45, 7) is 5.68. The molecule has 182 valence electrons. The van der Waals surface area contributed by atoms with Crippen LogP contribution in [0.2, 0.25) is 0 Å². The van der Waals surface area contributed by atoms with Crippen molar-refractivity contribution >= 4 is 5.69 Å². The first-order valence-electron chi connectivity index (χ1n) is 12.8. The van der Waals surface area contributed by atoms with Crippen molar-refractivity contribution in [1.82, 2.24) is 24.2 Å². The molecule has 0 bridgehead atoms. The summed E-state index contributed by atoms with van der Waals surface area (Å²) in [6.07, 6.45) is 8.09. The van der Waals surface area contributed by atoms with Crippen molar-refractivity contribution in [3.8, 4) is 28.3 Å². The van der Waals surface area contributed by atoms with Crippen LogP contribution in [0.1, 0.15) is 18.4 Å². The zero-order valence-corrected chi connectivity index (χ0v) is 20.3. The number of benzene rings is 2. The Kier molecular flexibility index (Phi) is 5.26. The Hall–Kier alpha value is -3.68. The number of piperidine rings is 1. The Labute approximate surface area is 210 Å². The van der Waals surface area contributed by atoms with E-state index in [1.807, 2.05) is 6.33 Å². The fourth-order valence-corrected chi connectivity index (χ4v) is 5.81. The molecule has 2 aromatic heterocycles. The second-order valence-corrected chi connectivity index (χ2v) is 10.2. The van der Waals surface area contributed by atoms with Crippen molar-refractivity contribution in [1.29, 1.82) is 0 Å². The van der Waals surface area contributed by atoms with E-state index in [2.05, 4.69) is 96.0 Å². The molecule has 0 spiro atoms. The maximum Gasteiger partial charge on any atom is 0.185 e. The van der Waals surface area contributed by atoms with Crippen molar-refractivity contribution in [2.75, 3.05) is 37.6 Å². The fraction of sp³-hybridized carbons (Fsp3) is 0.310. The van der Waals surface area contributed by atoms with E-state index in [-0.39, 0.29) is 6.10 Å². The monoisotopic (exact) mass is 478 g/mol. The number of aromatic nitrogens is 4. The van der Waals surface area contributed by atoms with E-state index in [4.69, 9.17) is 0 Å². The highest BCUT2D eigenvalue weighted by atomic mass is 16.3. The van der Waals surface area contributed by atoms with Crippen LogP contribution in [0.4, 0.5) is 5.69 Å². The fourth-order valence-electron chi connectivity index (χ4n) is 5.81. The van der Waals surface area contributed by atoms with Gasteiger partial charge in [-0.05, 0) is 53.8 Å². The van der Waals surface area contributed by atoms with E-state index in [1.165, 1.54) is 28.0 Å². The third-order valence-electron chi connectivity index (χ3n) is 7.79.